The van der Waals surface area contributed by atoms with Gasteiger partial charge >= 0.3 is 0 Å². The molecule has 0 radical (unpaired) electrons. The monoisotopic (exact) mass is 342 g/mol. The largest absolute Gasteiger partial charge is 0.309 e. The summed E-state index contributed by atoms with van der Waals surface area (Å²) in [7, 11) is -3.66. The maximum atomic E-state index is 12.4. The Hall–Kier alpha value is -1.27. The third-order valence-electron chi connectivity index (χ3n) is 3.23. The smallest absolute Gasteiger partial charge is 0.261 e. The van der Waals surface area contributed by atoms with Crippen LogP contribution in [-0.4, -0.2) is 8.42 Å². The molecular formula is C14H12Cl2N2O2S. The first kappa shape index (κ1) is 14.7. The van der Waals surface area contributed by atoms with E-state index in [2.05, 4.69) is 10.0 Å². The maximum Gasteiger partial charge on any atom is 0.261 e. The molecule has 0 fully saturated rings. The summed E-state index contributed by atoms with van der Waals surface area (Å²) in [6.07, 6.45) is 0. The van der Waals surface area contributed by atoms with Gasteiger partial charge in [-0.15, -0.1) is 0 Å². The van der Waals surface area contributed by atoms with Crippen molar-refractivity contribution in [1.29, 1.82) is 0 Å². The number of anilines is 1. The molecule has 3 rings (SSSR count). The Kier molecular flexibility index (Phi) is 3.84. The van der Waals surface area contributed by atoms with Crippen molar-refractivity contribution in [3.8, 4) is 0 Å². The SMILES string of the molecule is O=S(=O)(Nc1cc(Cl)cc(Cl)c1)c1ccc2c(c1)CNC2. The van der Waals surface area contributed by atoms with E-state index in [0.29, 0.717) is 22.3 Å². The number of halogens is 2. The van der Waals surface area contributed by atoms with Gasteiger partial charge in [0.15, 0.2) is 0 Å². The van der Waals surface area contributed by atoms with E-state index < -0.39 is 10.0 Å². The summed E-state index contributed by atoms with van der Waals surface area (Å²) in [6, 6.07) is 9.68. The molecule has 110 valence electrons. The summed E-state index contributed by atoms with van der Waals surface area (Å²) in [4.78, 5) is 0.223. The molecule has 0 aliphatic carbocycles. The Morgan fingerprint density at radius 1 is 0.952 bits per heavy atom. The number of fused-ring (bicyclic) bond motifs is 1. The number of hydrogen-bond acceptors (Lipinski definition) is 3. The summed E-state index contributed by atoms with van der Waals surface area (Å²) in [5.74, 6) is 0. The number of nitrogens with one attached hydrogen (secondary N) is 2. The van der Waals surface area contributed by atoms with Crippen molar-refractivity contribution < 1.29 is 8.42 Å². The van der Waals surface area contributed by atoms with Gasteiger partial charge in [0.05, 0.1) is 10.6 Å². The lowest BCUT2D eigenvalue weighted by atomic mass is 10.1. The fourth-order valence-corrected chi connectivity index (χ4v) is 3.88. The molecule has 0 atom stereocenters. The van der Waals surface area contributed by atoms with Crippen LogP contribution in [0.5, 0.6) is 0 Å². The Labute approximate surface area is 133 Å². The molecule has 0 unspecified atom stereocenters. The van der Waals surface area contributed by atoms with E-state index in [-0.39, 0.29) is 4.90 Å². The lowest BCUT2D eigenvalue weighted by molar-refractivity contribution is 0.601. The average molecular weight is 343 g/mol. The Bertz CT molecular complexity index is 786. The van der Waals surface area contributed by atoms with Gasteiger partial charge in [-0.3, -0.25) is 4.72 Å². The van der Waals surface area contributed by atoms with Crippen molar-refractivity contribution in [3.05, 3.63) is 57.6 Å². The maximum absolute atomic E-state index is 12.4. The third kappa shape index (κ3) is 3.16. The fraction of sp³-hybridized carbons (Fsp3) is 0.143. The molecule has 1 aliphatic heterocycles. The van der Waals surface area contributed by atoms with Gasteiger partial charge in [-0.1, -0.05) is 29.3 Å². The van der Waals surface area contributed by atoms with E-state index in [9.17, 15) is 8.42 Å². The minimum Gasteiger partial charge on any atom is -0.309 e. The average Bonchev–Trinajstić information content (AvgIpc) is 2.83. The van der Waals surface area contributed by atoms with Crippen LogP contribution in [0.25, 0.3) is 0 Å². The molecule has 2 N–H and O–H groups in total. The zero-order valence-electron chi connectivity index (χ0n) is 10.9. The Morgan fingerprint density at radius 2 is 1.62 bits per heavy atom. The van der Waals surface area contributed by atoms with Crippen LogP contribution in [0.3, 0.4) is 0 Å². The predicted octanol–water partition coefficient (Wildman–Crippen LogP) is 3.40. The van der Waals surface area contributed by atoms with Crippen LogP contribution in [-0.2, 0) is 23.1 Å². The van der Waals surface area contributed by atoms with Crippen LogP contribution >= 0.6 is 23.2 Å². The van der Waals surface area contributed by atoms with Crippen LogP contribution in [0.15, 0.2) is 41.3 Å². The van der Waals surface area contributed by atoms with E-state index in [4.69, 9.17) is 23.2 Å². The number of sulfonamides is 1. The topological polar surface area (TPSA) is 58.2 Å². The zero-order chi connectivity index (χ0) is 15.0. The first-order valence-electron chi connectivity index (χ1n) is 6.25. The van der Waals surface area contributed by atoms with Crippen molar-refractivity contribution >= 4 is 38.9 Å². The first-order valence-corrected chi connectivity index (χ1v) is 8.49. The summed E-state index contributed by atoms with van der Waals surface area (Å²) in [5, 5.41) is 3.93. The number of rotatable bonds is 3. The molecule has 0 bridgehead atoms. The van der Waals surface area contributed by atoms with Gasteiger partial charge in [-0.2, -0.15) is 0 Å². The van der Waals surface area contributed by atoms with E-state index in [1.54, 1.807) is 18.2 Å². The van der Waals surface area contributed by atoms with Gasteiger partial charge in [0, 0.05) is 23.1 Å². The van der Waals surface area contributed by atoms with Gasteiger partial charge in [-0.25, -0.2) is 8.42 Å². The molecular weight excluding hydrogens is 331 g/mol. The standard InChI is InChI=1S/C14H12Cl2N2O2S/c15-11-4-12(16)6-13(5-11)18-21(19,20)14-2-1-9-7-17-8-10(9)3-14/h1-6,17-18H,7-8H2. The molecule has 0 saturated carbocycles. The van der Waals surface area contributed by atoms with Crippen LogP contribution in [0.4, 0.5) is 5.69 Å². The second-order valence-corrected chi connectivity index (χ2v) is 7.35. The Balaban J connectivity index is 1.93. The second-order valence-electron chi connectivity index (χ2n) is 4.80. The van der Waals surface area contributed by atoms with Crippen LogP contribution < -0.4 is 10.0 Å². The quantitative estimate of drug-likeness (QED) is 0.898. The van der Waals surface area contributed by atoms with Crippen molar-refractivity contribution in [3.63, 3.8) is 0 Å². The zero-order valence-corrected chi connectivity index (χ0v) is 13.2. The highest BCUT2D eigenvalue weighted by Gasteiger charge is 2.18. The van der Waals surface area contributed by atoms with E-state index in [0.717, 1.165) is 17.7 Å². The molecule has 2 aromatic carbocycles. The molecule has 0 saturated heterocycles. The van der Waals surface area contributed by atoms with Gasteiger partial charge in [0.25, 0.3) is 10.0 Å². The summed E-state index contributed by atoms with van der Waals surface area (Å²) in [5.41, 5.74) is 2.47. The highest BCUT2D eigenvalue weighted by atomic mass is 35.5. The molecule has 21 heavy (non-hydrogen) atoms. The minimum absolute atomic E-state index is 0.223. The third-order valence-corrected chi connectivity index (χ3v) is 5.05. The van der Waals surface area contributed by atoms with Crippen molar-refractivity contribution in [2.75, 3.05) is 4.72 Å². The van der Waals surface area contributed by atoms with Crippen molar-refractivity contribution in [2.24, 2.45) is 0 Å². The van der Waals surface area contributed by atoms with Crippen molar-refractivity contribution in [1.82, 2.24) is 5.32 Å². The van der Waals surface area contributed by atoms with Crippen LogP contribution in [0.2, 0.25) is 10.0 Å². The second kappa shape index (κ2) is 5.50. The van der Waals surface area contributed by atoms with Crippen LogP contribution in [0, 0.1) is 0 Å². The van der Waals surface area contributed by atoms with E-state index in [1.807, 2.05) is 6.07 Å². The minimum atomic E-state index is -3.66. The molecule has 4 nitrogen and oxygen atoms in total. The molecule has 1 heterocycles. The molecule has 0 amide bonds. The highest BCUT2D eigenvalue weighted by Crippen LogP contribution is 2.26. The molecule has 1 aliphatic rings. The number of hydrogen-bond donors (Lipinski definition) is 2. The van der Waals surface area contributed by atoms with E-state index in [1.165, 1.54) is 12.1 Å². The molecule has 0 spiro atoms. The molecule has 7 heteroatoms. The summed E-state index contributed by atoms with van der Waals surface area (Å²) in [6.45, 7) is 1.45. The predicted molar refractivity (Wildman–Crippen MR) is 84.3 cm³/mol. The highest BCUT2D eigenvalue weighted by molar-refractivity contribution is 7.92. The fourth-order valence-electron chi connectivity index (χ4n) is 2.27. The molecule has 2 aromatic rings. The van der Waals surface area contributed by atoms with Crippen LogP contribution in [0.1, 0.15) is 11.1 Å². The summed E-state index contributed by atoms with van der Waals surface area (Å²) >= 11 is 11.7. The van der Waals surface area contributed by atoms with E-state index >= 15 is 0 Å². The van der Waals surface area contributed by atoms with Crippen molar-refractivity contribution in [2.45, 2.75) is 18.0 Å². The lowest BCUT2D eigenvalue weighted by Gasteiger charge is -2.10. The number of benzene rings is 2. The van der Waals surface area contributed by atoms with Gasteiger partial charge in [0.1, 0.15) is 0 Å². The first-order chi connectivity index (χ1) is 9.94. The molecule has 0 aromatic heterocycles. The normalized spacial score (nSPS) is 14.0. The Morgan fingerprint density at radius 3 is 2.33 bits per heavy atom. The summed E-state index contributed by atoms with van der Waals surface area (Å²) < 4.78 is 27.3. The van der Waals surface area contributed by atoms with Gasteiger partial charge in [-0.05, 0) is 41.5 Å². The lowest BCUT2D eigenvalue weighted by Crippen LogP contribution is -2.13. The van der Waals surface area contributed by atoms with Gasteiger partial charge < -0.3 is 5.32 Å². The van der Waals surface area contributed by atoms with Gasteiger partial charge in [0.2, 0.25) is 0 Å².